The highest BCUT2D eigenvalue weighted by atomic mass is 16.4. The zero-order valence-corrected chi connectivity index (χ0v) is 49.6. The number of hydrazine groups is 1. The minimum absolute atomic E-state index is 0.00211. The van der Waals surface area contributed by atoms with Gasteiger partial charge in [0.25, 0.3) is 0 Å². The maximum absolute atomic E-state index is 14.6. The van der Waals surface area contributed by atoms with Crippen LogP contribution in [-0.4, -0.2) is 168 Å². The second-order valence-electron chi connectivity index (χ2n) is 21.6. The molecule has 0 spiro atoms. The van der Waals surface area contributed by atoms with Crippen molar-refractivity contribution in [1.82, 2.24) is 52.2 Å². The lowest BCUT2D eigenvalue weighted by atomic mass is 9.96. The molecule has 88 heavy (non-hydrogen) atoms. The number of phenolic OH excluding ortho intramolecular Hbond substituents is 1. The molecule has 7 amide bonds. The summed E-state index contributed by atoms with van der Waals surface area (Å²) in [4.78, 5) is 145. The maximum atomic E-state index is 14.6. The Morgan fingerprint density at radius 3 is 1.73 bits per heavy atom. The van der Waals surface area contributed by atoms with E-state index in [1.807, 2.05) is 30.3 Å². The van der Waals surface area contributed by atoms with E-state index in [4.69, 9.17) is 28.2 Å². The summed E-state index contributed by atoms with van der Waals surface area (Å²) >= 11 is 0. The van der Waals surface area contributed by atoms with E-state index < -0.39 is 132 Å². The number of amides is 7. The number of carboxylic acid groups (broad SMARTS) is 3. The number of rotatable bonds is 33. The first-order valence-electron chi connectivity index (χ1n) is 28.7. The fourth-order valence-corrected chi connectivity index (χ4v) is 9.38. The van der Waals surface area contributed by atoms with E-state index in [0.717, 1.165) is 5.56 Å². The summed E-state index contributed by atoms with van der Waals surface area (Å²) in [5, 5.41) is 53.8. The number of likely N-dealkylation sites (tertiary alicyclic amines) is 1. The Morgan fingerprint density at radius 2 is 1.19 bits per heavy atom. The highest BCUT2D eigenvalue weighted by molar-refractivity contribution is 5.98. The highest BCUT2D eigenvalue weighted by Gasteiger charge is 2.41. The zero-order valence-electron chi connectivity index (χ0n) is 49.6. The first-order valence-corrected chi connectivity index (χ1v) is 28.7. The summed E-state index contributed by atoms with van der Waals surface area (Å²) in [5.41, 5.74) is 21.4. The summed E-state index contributed by atoms with van der Waals surface area (Å²) in [6.45, 7) is 6.90. The molecule has 1 aliphatic rings. The van der Waals surface area contributed by atoms with Gasteiger partial charge in [0.2, 0.25) is 41.4 Å². The number of hydrogen-bond donors (Lipinski definition) is 16. The van der Waals surface area contributed by atoms with Crippen LogP contribution in [0.3, 0.4) is 0 Å². The van der Waals surface area contributed by atoms with Gasteiger partial charge < -0.3 is 79.4 Å². The number of carbonyl (C=O) groups is 10. The number of hydrogen-bond acceptors (Lipinski definition) is 16. The van der Waals surface area contributed by atoms with Crippen molar-refractivity contribution in [2.24, 2.45) is 39.9 Å². The molecular weight excluding hydrogens is 1140 g/mol. The third-order valence-electron chi connectivity index (χ3n) is 14.5. The van der Waals surface area contributed by atoms with Crippen LogP contribution in [0.1, 0.15) is 88.6 Å². The van der Waals surface area contributed by atoms with Crippen molar-refractivity contribution < 1.29 is 68.4 Å². The molecular formula is C59H83N15O14. The van der Waals surface area contributed by atoms with Gasteiger partial charge in [-0.15, -0.1) is 0 Å². The van der Waals surface area contributed by atoms with Gasteiger partial charge in [-0.2, -0.15) is 0 Å². The molecule has 4 aromatic rings. The molecule has 1 saturated heterocycles. The molecule has 0 saturated carbocycles. The molecule has 3 aromatic carbocycles. The van der Waals surface area contributed by atoms with Crippen LogP contribution < -0.4 is 60.4 Å². The largest absolute Gasteiger partial charge is 0.508 e. The Morgan fingerprint density at radius 1 is 0.659 bits per heavy atom. The molecule has 478 valence electrons. The Bertz CT molecular complexity index is 2970. The standard InChI is InChI=1S/C50H71N13O12.C9H12N2O2/c1-5-28(4)41(47(72)59-36(23-31-25-54-26-56-31)48(73)63-20-10-14-38(63)45(70)60-37(49(74)75)22-29-11-7-6-8-12-29)62-44(69)35(21-30-15-17-32(64)18-16-30)58-46(71)40(27(2)3)61-43(68)34(13-9-19-55-50(52)53)57-42(67)33(51)24-39(65)66;10-11-8(9(12)13)6-7-4-2-1-3-5-7/h6-8,11-12,15-18,25-28,33-38,40-41,64H,5,9-10,13-14,19-24,51H2,1-4H3,(H,54,56)(H,57,67)(H,58,71)(H,59,72)(H,60,70)(H,61,68)(H,62,69)(H,65,66)(H,74,75)(H4,52,53,55);1-5,8,11H,6,10H2,(H,12,13)/t28-,33-,34-,35-,36-,37-,38-,40-,41-;/m0./s1. The van der Waals surface area contributed by atoms with Crippen LogP contribution in [0.2, 0.25) is 0 Å². The zero-order chi connectivity index (χ0) is 65.0. The molecule has 1 aromatic heterocycles. The molecule has 1 aliphatic heterocycles. The SMILES string of the molecule is CC[C@H](C)[C@H](NC(=O)[C@H](Cc1ccc(O)cc1)NC(=O)[C@@H](NC(=O)[C@H](CCCN=C(N)N)NC(=O)[C@@H](N)CC(=O)O)C(C)C)C(=O)N[C@@H](Cc1cnc[nH]1)C(=O)N1CCC[C@H]1C(=O)N[C@@H](Cc1ccccc1)C(=O)O.NNC(Cc1ccccc1)C(=O)O. The maximum Gasteiger partial charge on any atom is 0.326 e. The van der Waals surface area contributed by atoms with Gasteiger partial charge in [-0.25, -0.2) is 15.2 Å². The van der Waals surface area contributed by atoms with Crippen molar-refractivity contribution >= 4 is 65.2 Å². The Labute approximate surface area is 509 Å². The van der Waals surface area contributed by atoms with Crippen LogP contribution in [0.4, 0.5) is 0 Å². The number of aliphatic imine (C=N–C) groups is 1. The normalized spacial score (nSPS) is 15.8. The number of aromatic amines is 1. The van der Waals surface area contributed by atoms with Crippen LogP contribution >= 0.6 is 0 Å². The molecule has 29 heteroatoms. The predicted octanol–water partition coefficient (Wildman–Crippen LogP) is -1.17. The van der Waals surface area contributed by atoms with Crippen LogP contribution in [0.25, 0.3) is 0 Å². The topological polar surface area (TPSA) is 484 Å². The van der Waals surface area contributed by atoms with Gasteiger partial charge in [0.1, 0.15) is 54.1 Å². The number of imidazole rings is 1. The van der Waals surface area contributed by atoms with Gasteiger partial charge >= 0.3 is 17.9 Å². The Hall–Kier alpha value is -9.48. The van der Waals surface area contributed by atoms with E-state index in [1.165, 1.54) is 41.7 Å². The first-order chi connectivity index (χ1) is 41.8. The van der Waals surface area contributed by atoms with Crippen molar-refractivity contribution in [1.29, 1.82) is 0 Å². The third-order valence-corrected chi connectivity index (χ3v) is 14.5. The highest BCUT2D eigenvalue weighted by Crippen LogP contribution is 2.22. The van der Waals surface area contributed by atoms with Crippen molar-refractivity contribution in [3.05, 3.63) is 120 Å². The van der Waals surface area contributed by atoms with Gasteiger partial charge in [-0.05, 0) is 72.8 Å². The van der Waals surface area contributed by atoms with Crippen molar-refractivity contribution in [3.63, 3.8) is 0 Å². The quantitative estimate of drug-likeness (QED) is 0.00879. The number of H-pyrrole nitrogens is 1. The lowest BCUT2D eigenvalue weighted by Gasteiger charge is -2.32. The summed E-state index contributed by atoms with van der Waals surface area (Å²) < 4.78 is 0. The molecule has 20 N–H and O–H groups in total. The minimum Gasteiger partial charge on any atom is -0.508 e. The summed E-state index contributed by atoms with van der Waals surface area (Å²) in [5.74, 6) is -5.49. The molecule has 0 aliphatic carbocycles. The lowest BCUT2D eigenvalue weighted by Crippen LogP contribution is -2.62. The van der Waals surface area contributed by atoms with Crippen molar-refractivity contribution in [3.8, 4) is 5.75 Å². The number of carboxylic acids is 3. The molecule has 0 radical (unpaired) electrons. The molecule has 1 fully saturated rings. The fourth-order valence-electron chi connectivity index (χ4n) is 9.38. The molecule has 29 nitrogen and oxygen atoms in total. The van der Waals surface area contributed by atoms with Gasteiger partial charge in [0.15, 0.2) is 5.96 Å². The number of nitrogens with two attached hydrogens (primary N) is 4. The van der Waals surface area contributed by atoms with Crippen molar-refractivity contribution in [2.75, 3.05) is 13.1 Å². The lowest BCUT2D eigenvalue weighted by molar-refractivity contribution is -0.145. The molecule has 2 heterocycles. The number of aromatic nitrogens is 2. The molecule has 5 rings (SSSR count). The van der Waals surface area contributed by atoms with E-state index in [0.29, 0.717) is 36.1 Å². The number of nitrogens with one attached hydrogen (secondary N) is 8. The minimum atomic E-state index is -1.51. The van der Waals surface area contributed by atoms with E-state index in [9.17, 15) is 63.3 Å². The van der Waals surface area contributed by atoms with Crippen LogP contribution in [0, 0.1) is 11.8 Å². The van der Waals surface area contributed by atoms with Crippen LogP contribution in [0.15, 0.2) is 102 Å². The summed E-state index contributed by atoms with van der Waals surface area (Å²) in [6, 6.07) is 12.6. The first kappa shape index (κ1) is 71.0. The average Bonchev–Trinajstić information content (AvgIpc) is 4.12. The second-order valence-corrected chi connectivity index (χ2v) is 21.6. The number of phenols is 1. The average molecular weight is 1230 g/mol. The Balaban J connectivity index is 0.00000112. The third kappa shape index (κ3) is 23.4. The van der Waals surface area contributed by atoms with E-state index in [1.54, 1.807) is 58.0 Å². The predicted molar refractivity (Wildman–Crippen MR) is 322 cm³/mol. The van der Waals surface area contributed by atoms with E-state index in [2.05, 4.69) is 52.3 Å². The fraction of sp³-hybridized carbons (Fsp3) is 0.458. The monoisotopic (exact) mass is 1230 g/mol. The van der Waals surface area contributed by atoms with Gasteiger partial charge in [0, 0.05) is 44.2 Å². The number of carbonyl (C=O) groups excluding carboxylic acids is 7. The van der Waals surface area contributed by atoms with Gasteiger partial charge in [0.05, 0.1) is 18.8 Å². The van der Waals surface area contributed by atoms with Crippen LogP contribution in [0.5, 0.6) is 5.75 Å². The van der Waals surface area contributed by atoms with E-state index in [-0.39, 0.29) is 63.3 Å². The van der Waals surface area contributed by atoms with Gasteiger partial charge in [-0.1, -0.05) is 107 Å². The summed E-state index contributed by atoms with van der Waals surface area (Å²) in [6.07, 6.45) is 3.31. The number of guanidine groups is 1. The molecule has 0 bridgehead atoms. The smallest absolute Gasteiger partial charge is 0.326 e. The summed E-state index contributed by atoms with van der Waals surface area (Å²) in [7, 11) is 0. The number of benzene rings is 3. The molecule has 1 unspecified atom stereocenters. The number of nitrogens with zero attached hydrogens (tertiary/aromatic N) is 3. The van der Waals surface area contributed by atoms with Crippen LogP contribution in [-0.2, 0) is 73.6 Å². The Kier molecular flexibility index (Phi) is 28.9. The van der Waals surface area contributed by atoms with Gasteiger partial charge in [-0.3, -0.25) is 54.0 Å². The van der Waals surface area contributed by atoms with Crippen molar-refractivity contribution in [2.45, 2.75) is 146 Å². The van der Waals surface area contributed by atoms with E-state index >= 15 is 0 Å². The second kappa shape index (κ2) is 35.9. The molecule has 10 atom stereocenters. The number of aromatic hydroxyl groups is 1. The number of aliphatic carboxylic acids is 3.